The first-order chi connectivity index (χ1) is 6.33. The van der Waals surface area contributed by atoms with E-state index in [9.17, 15) is 0 Å². The molecular weight excluding hydrogens is 166 g/mol. The molecule has 3 heteroatoms. The molecular formula is C10H13NO2. The zero-order chi connectivity index (χ0) is 9.26. The molecule has 1 aliphatic rings. The highest BCUT2D eigenvalue weighted by Gasteiger charge is 2.18. The highest BCUT2D eigenvalue weighted by Crippen LogP contribution is 2.32. The van der Waals surface area contributed by atoms with Crippen LogP contribution in [0.2, 0.25) is 0 Å². The Bertz CT molecular complexity index is 312. The third-order valence-electron chi connectivity index (χ3n) is 2.34. The van der Waals surface area contributed by atoms with E-state index in [4.69, 9.17) is 15.6 Å². The SMILES string of the molecule is NC(CO)c1cccc2c1OCC2. The summed E-state index contributed by atoms with van der Waals surface area (Å²) in [5.41, 5.74) is 7.85. The van der Waals surface area contributed by atoms with Crippen molar-refractivity contribution in [3.8, 4) is 5.75 Å². The number of para-hydroxylation sites is 1. The van der Waals surface area contributed by atoms with E-state index in [-0.39, 0.29) is 12.6 Å². The molecule has 1 unspecified atom stereocenters. The number of nitrogens with two attached hydrogens (primary N) is 1. The molecule has 13 heavy (non-hydrogen) atoms. The monoisotopic (exact) mass is 179 g/mol. The van der Waals surface area contributed by atoms with E-state index in [1.165, 1.54) is 5.56 Å². The first-order valence-electron chi connectivity index (χ1n) is 4.44. The number of hydrogen-bond acceptors (Lipinski definition) is 3. The maximum atomic E-state index is 8.94. The number of ether oxygens (including phenoxy) is 1. The maximum absolute atomic E-state index is 8.94. The summed E-state index contributed by atoms with van der Waals surface area (Å²) in [6, 6.07) is 5.58. The van der Waals surface area contributed by atoms with Gasteiger partial charge in [-0.1, -0.05) is 18.2 Å². The fraction of sp³-hybridized carbons (Fsp3) is 0.400. The molecule has 0 aliphatic carbocycles. The minimum atomic E-state index is -0.326. The molecule has 0 saturated carbocycles. The lowest BCUT2D eigenvalue weighted by Gasteiger charge is -2.12. The normalized spacial score (nSPS) is 16.5. The molecule has 2 rings (SSSR count). The fourth-order valence-corrected chi connectivity index (χ4v) is 1.63. The van der Waals surface area contributed by atoms with E-state index in [2.05, 4.69) is 0 Å². The Morgan fingerprint density at radius 3 is 3.15 bits per heavy atom. The molecule has 70 valence electrons. The van der Waals surface area contributed by atoms with Crippen LogP contribution in [-0.4, -0.2) is 18.3 Å². The summed E-state index contributed by atoms with van der Waals surface area (Å²) in [7, 11) is 0. The number of aliphatic hydroxyl groups excluding tert-OH is 1. The van der Waals surface area contributed by atoms with Crippen LogP contribution in [0.15, 0.2) is 18.2 Å². The molecule has 0 amide bonds. The molecule has 1 atom stereocenters. The topological polar surface area (TPSA) is 55.5 Å². The van der Waals surface area contributed by atoms with Crippen molar-refractivity contribution in [1.29, 1.82) is 0 Å². The quantitative estimate of drug-likeness (QED) is 0.699. The molecule has 1 aliphatic heterocycles. The molecule has 1 aromatic carbocycles. The standard InChI is InChI=1S/C10H13NO2/c11-9(6-12)8-3-1-2-7-4-5-13-10(7)8/h1-3,9,12H,4-6,11H2. The molecule has 1 aromatic rings. The number of aliphatic hydroxyl groups is 1. The second-order valence-corrected chi connectivity index (χ2v) is 3.22. The Balaban J connectivity index is 2.41. The Kier molecular flexibility index (Phi) is 2.20. The van der Waals surface area contributed by atoms with E-state index in [1.54, 1.807) is 0 Å². The second-order valence-electron chi connectivity index (χ2n) is 3.22. The molecule has 0 spiro atoms. The lowest BCUT2D eigenvalue weighted by molar-refractivity contribution is 0.263. The van der Waals surface area contributed by atoms with Crippen molar-refractivity contribution < 1.29 is 9.84 Å². The largest absolute Gasteiger partial charge is 0.493 e. The van der Waals surface area contributed by atoms with Crippen molar-refractivity contribution >= 4 is 0 Å². The fourth-order valence-electron chi connectivity index (χ4n) is 1.63. The van der Waals surface area contributed by atoms with Crippen molar-refractivity contribution in [2.24, 2.45) is 5.73 Å². The van der Waals surface area contributed by atoms with E-state index >= 15 is 0 Å². The van der Waals surface area contributed by atoms with Gasteiger partial charge in [-0.2, -0.15) is 0 Å². The summed E-state index contributed by atoms with van der Waals surface area (Å²) in [6.45, 7) is 0.685. The van der Waals surface area contributed by atoms with Crippen molar-refractivity contribution in [1.82, 2.24) is 0 Å². The maximum Gasteiger partial charge on any atom is 0.127 e. The van der Waals surface area contributed by atoms with Gasteiger partial charge >= 0.3 is 0 Å². The highest BCUT2D eigenvalue weighted by molar-refractivity contribution is 5.45. The van der Waals surface area contributed by atoms with E-state index in [0.29, 0.717) is 0 Å². The molecule has 3 nitrogen and oxygen atoms in total. The van der Waals surface area contributed by atoms with Gasteiger partial charge in [0.2, 0.25) is 0 Å². The molecule has 0 saturated heterocycles. The van der Waals surface area contributed by atoms with Gasteiger partial charge in [-0.15, -0.1) is 0 Å². The van der Waals surface area contributed by atoms with Crippen LogP contribution >= 0.6 is 0 Å². The van der Waals surface area contributed by atoms with Gasteiger partial charge in [0.15, 0.2) is 0 Å². The van der Waals surface area contributed by atoms with Crippen LogP contribution in [0.3, 0.4) is 0 Å². The molecule has 0 fully saturated rings. The Morgan fingerprint density at radius 1 is 1.54 bits per heavy atom. The predicted octanol–water partition coefficient (Wildman–Crippen LogP) is 0.614. The number of rotatable bonds is 2. The third kappa shape index (κ3) is 1.41. The lowest BCUT2D eigenvalue weighted by Crippen LogP contribution is -2.15. The summed E-state index contributed by atoms with van der Waals surface area (Å²) in [5, 5.41) is 8.94. The third-order valence-corrected chi connectivity index (χ3v) is 2.34. The average Bonchev–Trinajstić information content (AvgIpc) is 2.63. The molecule has 3 N–H and O–H groups in total. The van der Waals surface area contributed by atoms with Crippen molar-refractivity contribution in [3.05, 3.63) is 29.3 Å². The Morgan fingerprint density at radius 2 is 2.38 bits per heavy atom. The lowest BCUT2D eigenvalue weighted by atomic mass is 10.0. The molecule has 0 radical (unpaired) electrons. The van der Waals surface area contributed by atoms with Crippen LogP contribution in [0.4, 0.5) is 0 Å². The zero-order valence-corrected chi connectivity index (χ0v) is 7.36. The average molecular weight is 179 g/mol. The Hall–Kier alpha value is -1.06. The molecule has 0 aromatic heterocycles. The molecule has 0 bridgehead atoms. The van der Waals surface area contributed by atoms with Crippen LogP contribution in [-0.2, 0) is 6.42 Å². The minimum absolute atomic E-state index is 0.0419. The van der Waals surface area contributed by atoms with Gasteiger partial charge < -0.3 is 15.6 Å². The van der Waals surface area contributed by atoms with Gasteiger partial charge in [-0.25, -0.2) is 0 Å². The number of fused-ring (bicyclic) bond motifs is 1. The van der Waals surface area contributed by atoms with Crippen LogP contribution in [0.25, 0.3) is 0 Å². The van der Waals surface area contributed by atoms with E-state index < -0.39 is 0 Å². The van der Waals surface area contributed by atoms with Crippen LogP contribution in [0.5, 0.6) is 5.75 Å². The highest BCUT2D eigenvalue weighted by atomic mass is 16.5. The smallest absolute Gasteiger partial charge is 0.127 e. The van der Waals surface area contributed by atoms with E-state index in [0.717, 1.165) is 24.3 Å². The van der Waals surface area contributed by atoms with Gasteiger partial charge in [-0.3, -0.25) is 0 Å². The van der Waals surface area contributed by atoms with Gasteiger partial charge in [0, 0.05) is 12.0 Å². The van der Waals surface area contributed by atoms with Crippen molar-refractivity contribution in [2.75, 3.05) is 13.2 Å². The zero-order valence-electron chi connectivity index (χ0n) is 7.36. The summed E-state index contributed by atoms with van der Waals surface area (Å²) in [5.74, 6) is 0.879. The Labute approximate surface area is 77.1 Å². The first kappa shape index (κ1) is 8.53. The van der Waals surface area contributed by atoms with Crippen molar-refractivity contribution in [2.45, 2.75) is 12.5 Å². The summed E-state index contributed by atoms with van der Waals surface area (Å²) >= 11 is 0. The summed E-state index contributed by atoms with van der Waals surface area (Å²) in [4.78, 5) is 0. The number of hydrogen-bond donors (Lipinski definition) is 2. The van der Waals surface area contributed by atoms with Crippen molar-refractivity contribution in [3.63, 3.8) is 0 Å². The predicted molar refractivity (Wildman–Crippen MR) is 49.7 cm³/mol. The van der Waals surface area contributed by atoms with E-state index in [1.807, 2.05) is 18.2 Å². The van der Waals surface area contributed by atoms with Gasteiger partial charge in [-0.05, 0) is 5.56 Å². The summed E-state index contributed by atoms with van der Waals surface area (Å²) < 4.78 is 5.46. The summed E-state index contributed by atoms with van der Waals surface area (Å²) in [6.07, 6.45) is 0.946. The van der Waals surface area contributed by atoms with Crippen LogP contribution in [0, 0.1) is 0 Å². The van der Waals surface area contributed by atoms with Gasteiger partial charge in [0.25, 0.3) is 0 Å². The van der Waals surface area contributed by atoms with Crippen LogP contribution < -0.4 is 10.5 Å². The first-order valence-corrected chi connectivity index (χ1v) is 4.44. The molecule has 1 heterocycles. The van der Waals surface area contributed by atoms with Gasteiger partial charge in [0.05, 0.1) is 19.3 Å². The minimum Gasteiger partial charge on any atom is -0.493 e. The van der Waals surface area contributed by atoms with Crippen LogP contribution in [0.1, 0.15) is 17.2 Å². The number of benzene rings is 1. The second kappa shape index (κ2) is 3.36. The van der Waals surface area contributed by atoms with Gasteiger partial charge in [0.1, 0.15) is 5.75 Å².